The van der Waals surface area contributed by atoms with Gasteiger partial charge < -0.3 is 5.32 Å². The molecule has 18 heavy (non-hydrogen) atoms. The van der Waals surface area contributed by atoms with Crippen LogP contribution in [0.25, 0.3) is 0 Å². The fourth-order valence-corrected chi connectivity index (χ4v) is 7.86. The third-order valence-electron chi connectivity index (χ3n) is 5.92. The fraction of sp³-hybridized carbons (Fsp3) is 1.00. The topological polar surface area (TPSA) is 12.0 Å². The first-order valence-corrected chi connectivity index (χ1v) is 10.0. The average Bonchev–Trinajstić information content (AvgIpc) is 3.09. The molecule has 1 nitrogen and oxygen atoms in total. The van der Waals surface area contributed by atoms with Gasteiger partial charge >= 0.3 is 0 Å². The molecule has 6 atom stereocenters. The summed E-state index contributed by atoms with van der Waals surface area (Å²) in [5.74, 6) is 8.56. The SMILES string of the molecule is C1CC2C3CC(NCC4CSCCS4)C(C3)C2C1. The second-order valence-corrected chi connectivity index (χ2v) is 9.29. The molecule has 102 valence electrons. The normalized spacial score (nSPS) is 50.7. The molecular weight excluding hydrogens is 258 g/mol. The van der Waals surface area contributed by atoms with Gasteiger partial charge in [-0.25, -0.2) is 0 Å². The summed E-state index contributed by atoms with van der Waals surface area (Å²) in [5.41, 5.74) is 0. The van der Waals surface area contributed by atoms with Gasteiger partial charge in [0.25, 0.3) is 0 Å². The molecule has 6 unspecified atom stereocenters. The van der Waals surface area contributed by atoms with E-state index >= 15 is 0 Å². The maximum Gasteiger partial charge on any atom is 0.0263 e. The zero-order chi connectivity index (χ0) is 11.9. The van der Waals surface area contributed by atoms with Gasteiger partial charge in [-0.15, -0.1) is 0 Å². The van der Waals surface area contributed by atoms with Crippen molar-refractivity contribution in [3.63, 3.8) is 0 Å². The molecule has 1 heterocycles. The van der Waals surface area contributed by atoms with Gasteiger partial charge in [-0.05, 0) is 49.4 Å². The van der Waals surface area contributed by atoms with Crippen molar-refractivity contribution in [2.75, 3.05) is 23.8 Å². The number of fused-ring (bicyclic) bond motifs is 5. The summed E-state index contributed by atoms with van der Waals surface area (Å²) in [4.78, 5) is 0. The molecular formula is C15H25NS2. The molecule has 0 amide bonds. The molecule has 0 aromatic carbocycles. The van der Waals surface area contributed by atoms with Gasteiger partial charge in [-0.2, -0.15) is 23.5 Å². The molecule has 1 saturated heterocycles. The van der Waals surface area contributed by atoms with E-state index in [9.17, 15) is 0 Å². The summed E-state index contributed by atoms with van der Waals surface area (Å²) in [6.07, 6.45) is 7.73. The van der Waals surface area contributed by atoms with Gasteiger partial charge in [0, 0.05) is 35.1 Å². The van der Waals surface area contributed by atoms with Crippen molar-refractivity contribution >= 4 is 23.5 Å². The molecule has 3 saturated carbocycles. The van der Waals surface area contributed by atoms with Crippen molar-refractivity contribution in [3.8, 4) is 0 Å². The van der Waals surface area contributed by atoms with Gasteiger partial charge in [0.15, 0.2) is 0 Å². The lowest BCUT2D eigenvalue weighted by molar-refractivity contribution is 0.209. The molecule has 3 aliphatic carbocycles. The maximum absolute atomic E-state index is 3.96. The van der Waals surface area contributed by atoms with E-state index in [0.717, 1.165) is 35.0 Å². The number of hydrogen-bond acceptors (Lipinski definition) is 3. The minimum absolute atomic E-state index is 0.891. The van der Waals surface area contributed by atoms with Gasteiger partial charge in [0.2, 0.25) is 0 Å². The fourth-order valence-electron chi connectivity index (χ4n) is 5.24. The van der Waals surface area contributed by atoms with Crippen LogP contribution in [0.2, 0.25) is 0 Å². The molecule has 4 rings (SSSR count). The van der Waals surface area contributed by atoms with E-state index in [1.165, 1.54) is 36.6 Å². The lowest BCUT2D eigenvalue weighted by Gasteiger charge is -2.33. The van der Waals surface area contributed by atoms with E-state index in [1.54, 1.807) is 19.3 Å². The summed E-state index contributed by atoms with van der Waals surface area (Å²) in [7, 11) is 0. The van der Waals surface area contributed by atoms with Crippen LogP contribution < -0.4 is 5.32 Å². The zero-order valence-corrected chi connectivity index (χ0v) is 12.8. The van der Waals surface area contributed by atoms with Crippen LogP contribution in [0.5, 0.6) is 0 Å². The van der Waals surface area contributed by atoms with Crippen molar-refractivity contribution < 1.29 is 0 Å². The van der Waals surface area contributed by atoms with Crippen molar-refractivity contribution in [1.82, 2.24) is 5.32 Å². The Hall–Kier alpha value is 0.660. The predicted octanol–water partition coefficient (Wildman–Crippen LogP) is 3.25. The molecule has 2 bridgehead atoms. The third kappa shape index (κ3) is 2.14. The lowest BCUT2D eigenvalue weighted by atomic mass is 9.79. The standard InChI is InChI=1S/C15H25NS2/c1-2-12-10-6-14(13(12)3-1)15(7-10)16-8-11-9-17-4-5-18-11/h10-16H,1-9H2. The highest BCUT2D eigenvalue weighted by Gasteiger charge is 2.53. The summed E-state index contributed by atoms with van der Waals surface area (Å²) in [5, 5.41) is 4.85. The van der Waals surface area contributed by atoms with Crippen LogP contribution in [0.3, 0.4) is 0 Å². The Kier molecular flexibility index (Phi) is 3.59. The first-order valence-electron chi connectivity index (χ1n) is 7.84. The molecule has 3 heteroatoms. The molecule has 0 aromatic heterocycles. The van der Waals surface area contributed by atoms with Crippen molar-refractivity contribution in [1.29, 1.82) is 0 Å². The zero-order valence-electron chi connectivity index (χ0n) is 11.1. The summed E-state index contributed by atoms with van der Waals surface area (Å²) in [6, 6.07) is 0.891. The smallest absolute Gasteiger partial charge is 0.0263 e. The molecule has 0 aromatic rings. The van der Waals surface area contributed by atoms with Crippen LogP contribution in [-0.4, -0.2) is 35.1 Å². The number of nitrogens with one attached hydrogen (secondary N) is 1. The van der Waals surface area contributed by atoms with Crippen LogP contribution >= 0.6 is 23.5 Å². The highest BCUT2D eigenvalue weighted by Crippen LogP contribution is 2.58. The highest BCUT2D eigenvalue weighted by molar-refractivity contribution is 8.06. The Morgan fingerprint density at radius 3 is 2.83 bits per heavy atom. The average molecular weight is 284 g/mol. The van der Waals surface area contributed by atoms with Gasteiger partial charge in [-0.3, -0.25) is 0 Å². The van der Waals surface area contributed by atoms with E-state index in [1.807, 2.05) is 0 Å². The first kappa shape index (κ1) is 12.4. The molecule has 0 radical (unpaired) electrons. The van der Waals surface area contributed by atoms with Gasteiger partial charge in [-0.1, -0.05) is 6.42 Å². The molecule has 4 fully saturated rings. The van der Waals surface area contributed by atoms with Crippen LogP contribution in [0.1, 0.15) is 32.1 Å². The number of thioether (sulfide) groups is 2. The van der Waals surface area contributed by atoms with Crippen LogP contribution in [0, 0.1) is 23.7 Å². The summed E-state index contributed by atoms with van der Waals surface area (Å²) >= 11 is 4.36. The van der Waals surface area contributed by atoms with Crippen LogP contribution in [0.4, 0.5) is 0 Å². The Balaban J connectivity index is 1.31. The second kappa shape index (κ2) is 5.21. The Labute approximate surface area is 120 Å². The lowest BCUT2D eigenvalue weighted by Crippen LogP contribution is -2.42. The van der Waals surface area contributed by atoms with Crippen LogP contribution in [0.15, 0.2) is 0 Å². The quantitative estimate of drug-likeness (QED) is 0.854. The van der Waals surface area contributed by atoms with Crippen molar-refractivity contribution in [3.05, 3.63) is 0 Å². The van der Waals surface area contributed by atoms with Crippen molar-refractivity contribution in [2.45, 2.75) is 43.4 Å². The van der Waals surface area contributed by atoms with E-state index in [0.29, 0.717) is 0 Å². The second-order valence-electron chi connectivity index (χ2n) is 6.74. The predicted molar refractivity (Wildman–Crippen MR) is 82.4 cm³/mol. The van der Waals surface area contributed by atoms with Gasteiger partial charge in [0.05, 0.1) is 0 Å². The van der Waals surface area contributed by atoms with Gasteiger partial charge in [0.1, 0.15) is 0 Å². The summed E-state index contributed by atoms with van der Waals surface area (Å²) in [6.45, 7) is 1.28. The van der Waals surface area contributed by atoms with E-state index in [-0.39, 0.29) is 0 Å². The van der Waals surface area contributed by atoms with Crippen LogP contribution in [-0.2, 0) is 0 Å². The molecule has 4 aliphatic rings. The maximum atomic E-state index is 3.96. The Morgan fingerprint density at radius 1 is 1.00 bits per heavy atom. The minimum Gasteiger partial charge on any atom is -0.313 e. The Bertz CT molecular complexity index is 303. The number of rotatable bonds is 3. The molecule has 0 spiro atoms. The van der Waals surface area contributed by atoms with Crippen molar-refractivity contribution in [2.24, 2.45) is 23.7 Å². The first-order chi connectivity index (χ1) is 8.92. The minimum atomic E-state index is 0.891. The molecule has 1 aliphatic heterocycles. The Morgan fingerprint density at radius 2 is 1.94 bits per heavy atom. The van der Waals surface area contributed by atoms with E-state index in [4.69, 9.17) is 0 Å². The summed E-state index contributed by atoms with van der Waals surface area (Å²) < 4.78 is 0. The largest absolute Gasteiger partial charge is 0.313 e. The van der Waals surface area contributed by atoms with E-state index in [2.05, 4.69) is 28.8 Å². The van der Waals surface area contributed by atoms with E-state index < -0.39 is 0 Å². The monoisotopic (exact) mass is 283 g/mol. The molecule has 1 N–H and O–H groups in total. The highest BCUT2D eigenvalue weighted by atomic mass is 32.2. The number of hydrogen-bond donors (Lipinski definition) is 1. The third-order valence-corrected chi connectivity index (χ3v) is 8.77.